The highest BCUT2D eigenvalue weighted by Gasteiger charge is 2.15. The molecule has 0 aromatic carbocycles. The van der Waals surface area contributed by atoms with E-state index >= 15 is 0 Å². The fraction of sp³-hybridized carbons (Fsp3) is 0.444. The first kappa shape index (κ1) is 14.5. The van der Waals surface area contributed by atoms with E-state index in [2.05, 4.69) is 22.6 Å². The van der Waals surface area contributed by atoms with Crippen molar-refractivity contribution in [3.8, 4) is 0 Å². The molecule has 16 heavy (non-hydrogen) atoms. The summed E-state index contributed by atoms with van der Waals surface area (Å²) in [5, 5.41) is 0. The van der Waals surface area contributed by atoms with Gasteiger partial charge in [-0.25, -0.2) is 22.4 Å². The lowest BCUT2D eigenvalue weighted by atomic mass is 10.4. The first-order valence-corrected chi connectivity index (χ1v) is 4.12. The quantitative estimate of drug-likeness (QED) is 0.406. The highest BCUT2D eigenvalue weighted by atomic mass is 19.3. The Morgan fingerprint density at radius 3 is 1.50 bits per heavy atom. The topological polar surface area (TPSA) is 35.5 Å². The smallest absolute Gasteiger partial charge is 0.400 e. The van der Waals surface area contributed by atoms with Gasteiger partial charge in [-0.2, -0.15) is 0 Å². The molecule has 0 aliphatic heterocycles. The van der Waals surface area contributed by atoms with Crippen molar-refractivity contribution >= 4 is 6.16 Å². The number of allylic oxidation sites excluding steroid dienone is 2. The zero-order valence-electron chi connectivity index (χ0n) is 8.22. The summed E-state index contributed by atoms with van der Waals surface area (Å²) < 4.78 is 55.4. The van der Waals surface area contributed by atoms with Gasteiger partial charge in [0.05, 0.1) is 12.8 Å². The molecule has 0 spiro atoms. The molecule has 0 N–H and O–H groups in total. The average molecular weight is 242 g/mol. The Labute approximate surface area is 89.3 Å². The molecule has 0 atom stereocenters. The summed E-state index contributed by atoms with van der Waals surface area (Å²) in [5.41, 5.74) is 0. The van der Waals surface area contributed by atoms with E-state index < -0.39 is 43.4 Å². The summed E-state index contributed by atoms with van der Waals surface area (Å²) in [6.45, 7) is 6.04. The number of carbonyl (C=O) groups is 1. The summed E-state index contributed by atoms with van der Waals surface area (Å²) in [6, 6.07) is 0. The van der Waals surface area contributed by atoms with Gasteiger partial charge in [-0.15, -0.1) is 0 Å². The molecule has 0 saturated heterocycles. The molecule has 92 valence electrons. The Bertz CT molecular complexity index is 250. The van der Waals surface area contributed by atoms with E-state index in [1.165, 1.54) is 0 Å². The van der Waals surface area contributed by atoms with Crippen molar-refractivity contribution in [1.29, 1.82) is 0 Å². The summed E-state index contributed by atoms with van der Waals surface area (Å²) in [6.07, 6.45) is -8.52. The first-order valence-electron chi connectivity index (χ1n) is 4.12. The predicted octanol–water partition coefficient (Wildman–Crippen LogP) is 3.48. The van der Waals surface area contributed by atoms with Crippen LogP contribution < -0.4 is 0 Å². The lowest BCUT2D eigenvalue weighted by Gasteiger charge is -2.08. The normalized spacial score (nSPS) is 10.4. The van der Waals surface area contributed by atoms with Crippen molar-refractivity contribution in [1.82, 2.24) is 0 Å². The highest BCUT2D eigenvalue weighted by Crippen LogP contribution is 2.13. The van der Waals surface area contributed by atoms with E-state index in [4.69, 9.17) is 0 Å². The van der Waals surface area contributed by atoms with Gasteiger partial charge in [0.15, 0.2) is 0 Å². The minimum absolute atomic E-state index is 0.509. The van der Waals surface area contributed by atoms with E-state index in [0.717, 1.165) is 0 Å². The van der Waals surface area contributed by atoms with Crippen molar-refractivity contribution in [2.24, 2.45) is 0 Å². The van der Waals surface area contributed by atoms with E-state index in [9.17, 15) is 22.4 Å². The van der Waals surface area contributed by atoms with Crippen LogP contribution in [-0.4, -0.2) is 19.0 Å². The highest BCUT2D eigenvalue weighted by molar-refractivity contribution is 5.62. The van der Waals surface area contributed by atoms with Gasteiger partial charge in [-0.1, -0.05) is 13.2 Å². The van der Waals surface area contributed by atoms with Crippen LogP contribution in [0.3, 0.4) is 0 Å². The molecule has 0 aromatic heterocycles. The minimum Gasteiger partial charge on any atom is -0.400 e. The number of rotatable bonds is 6. The lowest BCUT2D eigenvalue weighted by Crippen LogP contribution is -2.09. The third-order valence-corrected chi connectivity index (χ3v) is 1.22. The lowest BCUT2D eigenvalue weighted by molar-refractivity contribution is 0.0723. The van der Waals surface area contributed by atoms with Crippen LogP contribution in [0.25, 0.3) is 0 Å². The van der Waals surface area contributed by atoms with Gasteiger partial charge in [0, 0.05) is 0 Å². The molecule has 3 nitrogen and oxygen atoms in total. The summed E-state index contributed by atoms with van der Waals surface area (Å²) in [4.78, 5) is 10.8. The molecule has 0 rings (SSSR count). The SMILES string of the molecule is C=C(CC(F)F)OC(=O)OC(=C)CC(F)F. The molecule has 0 aliphatic rings. The maximum absolute atomic E-state index is 11.8. The molecule has 0 saturated carbocycles. The Hall–Kier alpha value is -1.53. The van der Waals surface area contributed by atoms with E-state index in [1.54, 1.807) is 0 Å². The molecular formula is C9H10F4O3. The number of ether oxygens (including phenoxy) is 2. The van der Waals surface area contributed by atoms with Crippen molar-refractivity contribution in [3.05, 3.63) is 24.7 Å². The van der Waals surface area contributed by atoms with Crippen LogP contribution in [0, 0.1) is 0 Å². The summed E-state index contributed by atoms with van der Waals surface area (Å²) in [7, 11) is 0. The third-order valence-electron chi connectivity index (χ3n) is 1.22. The van der Waals surface area contributed by atoms with Gasteiger partial charge in [0.1, 0.15) is 11.5 Å². The van der Waals surface area contributed by atoms with E-state index in [1.807, 2.05) is 0 Å². The molecule has 0 bridgehead atoms. The van der Waals surface area contributed by atoms with Gasteiger partial charge in [-0.05, 0) is 0 Å². The number of hydrogen-bond acceptors (Lipinski definition) is 3. The number of carbonyl (C=O) groups excluding carboxylic acids is 1. The monoisotopic (exact) mass is 242 g/mol. The largest absolute Gasteiger partial charge is 0.518 e. The molecular weight excluding hydrogens is 232 g/mol. The Kier molecular flexibility index (Phi) is 6.21. The average Bonchev–Trinajstić information content (AvgIpc) is 1.97. The Balaban J connectivity index is 3.90. The first-order chi connectivity index (χ1) is 7.31. The number of halogens is 4. The summed E-state index contributed by atoms with van der Waals surface area (Å²) >= 11 is 0. The fourth-order valence-electron chi connectivity index (χ4n) is 0.684. The van der Waals surface area contributed by atoms with Gasteiger partial charge >= 0.3 is 6.16 Å². The van der Waals surface area contributed by atoms with Crippen molar-refractivity contribution < 1.29 is 31.8 Å². The molecule has 0 heterocycles. The number of hydrogen-bond donors (Lipinski definition) is 0. The van der Waals surface area contributed by atoms with E-state index in [-0.39, 0.29) is 0 Å². The molecule has 0 fully saturated rings. The Morgan fingerprint density at radius 2 is 1.25 bits per heavy atom. The van der Waals surface area contributed by atoms with Gasteiger partial charge in [0.25, 0.3) is 0 Å². The van der Waals surface area contributed by atoms with Crippen LogP contribution in [0.4, 0.5) is 22.4 Å². The van der Waals surface area contributed by atoms with Crippen LogP contribution >= 0.6 is 0 Å². The minimum atomic E-state index is -2.72. The standard InChI is InChI=1S/C9H10F4O3/c1-5(3-7(10)11)15-9(14)16-6(2)4-8(12)13/h7-8H,1-4H2. The van der Waals surface area contributed by atoms with Gasteiger partial charge in [0.2, 0.25) is 12.9 Å². The summed E-state index contributed by atoms with van der Waals surface area (Å²) in [5.74, 6) is -1.02. The zero-order valence-corrected chi connectivity index (χ0v) is 8.22. The van der Waals surface area contributed by atoms with Crippen LogP contribution in [-0.2, 0) is 9.47 Å². The van der Waals surface area contributed by atoms with Crippen molar-refractivity contribution in [3.63, 3.8) is 0 Å². The molecule has 0 amide bonds. The maximum atomic E-state index is 11.8. The second-order valence-electron chi connectivity index (χ2n) is 2.72. The molecule has 0 unspecified atom stereocenters. The van der Waals surface area contributed by atoms with Crippen molar-refractivity contribution in [2.75, 3.05) is 0 Å². The van der Waals surface area contributed by atoms with Gasteiger partial charge in [-0.3, -0.25) is 0 Å². The molecule has 0 aromatic rings. The zero-order chi connectivity index (χ0) is 12.7. The van der Waals surface area contributed by atoms with Crippen LogP contribution in [0.2, 0.25) is 0 Å². The number of alkyl halides is 4. The second kappa shape index (κ2) is 6.86. The molecule has 0 radical (unpaired) electrons. The second-order valence-corrected chi connectivity index (χ2v) is 2.72. The van der Waals surface area contributed by atoms with Crippen LogP contribution in [0.15, 0.2) is 24.7 Å². The van der Waals surface area contributed by atoms with Crippen molar-refractivity contribution in [2.45, 2.75) is 25.7 Å². The van der Waals surface area contributed by atoms with E-state index in [0.29, 0.717) is 0 Å². The third kappa shape index (κ3) is 7.84. The van der Waals surface area contributed by atoms with Crippen LogP contribution in [0.1, 0.15) is 12.8 Å². The fourth-order valence-corrected chi connectivity index (χ4v) is 0.684. The Morgan fingerprint density at radius 1 is 0.938 bits per heavy atom. The predicted molar refractivity (Wildman–Crippen MR) is 47.1 cm³/mol. The maximum Gasteiger partial charge on any atom is 0.518 e. The molecule has 0 aliphatic carbocycles. The van der Waals surface area contributed by atoms with Gasteiger partial charge < -0.3 is 9.47 Å². The molecule has 7 heteroatoms. The van der Waals surface area contributed by atoms with Crippen LogP contribution in [0.5, 0.6) is 0 Å².